The van der Waals surface area contributed by atoms with Crippen LogP contribution in [-0.4, -0.2) is 45.5 Å². The Hall–Kier alpha value is -2.66. The van der Waals surface area contributed by atoms with Gasteiger partial charge in [-0.25, -0.2) is 18.1 Å². The van der Waals surface area contributed by atoms with Gasteiger partial charge < -0.3 is 10.2 Å². The third-order valence-corrected chi connectivity index (χ3v) is 6.83. The largest absolute Gasteiger partial charge is 0.417 e. The molecule has 1 aliphatic heterocycles. The lowest BCUT2D eigenvalue weighted by Crippen LogP contribution is -2.45. The normalized spacial score (nSPS) is 15.6. The summed E-state index contributed by atoms with van der Waals surface area (Å²) in [7, 11) is -2.14. The molecule has 1 fully saturated rings. The van der Waals surface area contributed by atoms with Crippen molar-refractivity contribution in [3.05, 3.63) is 53.7 Å². The molecule has 2 heterocycles. The van der Waals surface area contributed by atoms with Gasteiger partial charge in [-0.1, -0.05) is 12.1 Å². The van der Waals surface area contributed by atoms with Gasteiger partial charge in [0.15, 0.2) is 0 Å². The molecule has 0 saturated carbocycles. The maximum atomic E-state index is 12.7. The van der Waals surface area contributed by atoms with Crippen LogP contribution in [0.3, 0.4) is 0 Å². The molecule has 11 heteroatoms. The van der Waals surface area contributed by atoms with Crippen LogP contribution in [0.25, 0.3) is 0 Å². The molecule has 1 amide bonds. The summed E-state index contributed by atoms with van der Waals surface area (Å²) in [6, 6.07) is 8.77. The first-order valence-electron chi connectivity index (χ1n) is 10.2. The minimum Gasteiger partial charge on any atom is -0.356 e. The molecule has 0 bridgehead atoms. The van der Waals surface area contributed by atoms with Crippen LogP contribution < -0.4 is 14.9 Å². The third-order valence-electron chi connectivity index (χ3n) is 5.40. The first kappa shape index (κ1) is 24.0. The molecule has 7 nitrogen and oxygen atoms in total. The van der Waals surface area contributed by atoms with E-state index in [9.17, 15) is 26.4 Å². The number of amides is 1. The lowest BCUT2D eigenvalue weighted by atomic mass is 10.0. The van der Waals surface area contributed by atoms with Crippen molar-refractivity contribution in [2.45, 2.75) is 42.8 Å². The van der Waals surface area contributed by atoms with E-state index in [1.165, 1.54) is 25.2 Å². The van der Waals surface area contributed by atoms with Crippen molar-refractivity contribution in [3.8, 4) is 0 Å². The van der Waals surface area contributed by atoms with Crippen LogP contribution >= 0.6 is 0 Å². The highest BCUT2D eigenvalue weighted by molar-refractivity contribution is 7.89. The number of benzene rings is 1. The van der Waals surface area contributed by atoms with E-state index >= 15 is 0 Å². The number of aryl methyl sites for hydroxylation is 1. The van der Waals surface area contributed by atoms with Gasteiger partial charge in [-0.15, -0.1) is 0 Å². The molecule has 32 heavy (non-hydrogen) atoms. The zero-order chi connectivity index (χ0) is 23.4. The summed E-state index contributed by atoms with van der Waals surface area (Å²) in [5, 5.41) is 2.99. The summed E-state index contributed by atoms with van der Waals surface area (Å²) in [6.45, 7) is 1.18. The molecule has 2 aromatic rings. The number of nitrogens with one attached hydrogen (secondary N) is 2. The van der Waals surface area contributed by atoms with Gasteiger partial charge in [0.2, 0.25) is 15.9 Å². The second kappa shape index (κ2) is 9.86. The van der Waals surface area contributed by atoms with E-state index in [-0.39, 0.29) is 23.3 Å². The minimum absolute atomic E-state index is 0.00338. The average Bonchev–Trinajstić information content (AvgIpc) is 2.78. The number of alkyl halides is 3. The molecule has 0 aliphatic carbocycles. The van der Waals surface area contributed by atoms with Crippen molar-refractivity contribution in [2.24, 2.45) is 0 Å². The first-order valence-corrected chi connectivity index (χ1v) is 11.7. The quantitative estimate of drug-likeness (QED) is 0.649. The lowest BCUT2D eigenvalue weighted by Gasteiger charge is -2.33. The Morgan fingerprint density at radius 1 is 1.12 bits per heavy atom. The number of nitrogens with zero attached hydrogens (tertiary/aromatic N) is 2. The maximum absolute atomic E-state index is 12.7. The molecule has 1 aliphatic rings. The fourth-order valence-electron chi connectivity index (χ4n) is 3.50. The number of piperidine rings is 1. The van der Waals surface area contributed by atoms with Crippen molar-refractivity contribution in [3.63, 3.8) is 0 Å². The van der Waals surface area contributed by atoms with Gasteiger partial charge in [-0.05, 0) is 56.1 Å². The molecule has 1 aromatic carbocycles. The minimum atomic E-state index is -4.41. The van der Waals surface area contributed by atoms with Crippen molar-refractivity contribution in [2.75, 3.05) is 25.0 Å². The Kier molecular flexibility index (Phi) is 7.40. The molecule has 0 radical (unpaired) electrons. The Morgan fingerprint density at radius 2 is 1.78 bits per heavy atom. The molecule has 0 atom stereocenters. The SMILES string of the molecule is CNS(=O)(=O)c1ccc(CCC(=O)NC2CCN(c3ccc(C(F)(F)F)cn3)CC2)cc1. The fraction of sp³-hybridized carbons (Fsp3) is 0.429. The summed E-state index contributed by atoms with van der Waals surface area (Å²) in [5.41, 5.74) is 0.0834. The van der Waals surface area contributed by atoms with E-state index < -0.39 is 21.8 Å². The highest BCUT2D eigenvalue weighted by Gasteiger charge is 2.31. The zero-order valence-electron chi connectivity index (χ0n) is 17.5. The summed E-state index contributed by atoms with van der Waals surface area (Å²) in [6.07, 6.45) is -1.46. The van der Waals surface area contributed by atoms with E-state index in [1.807, 2.05) is 4.90 Å². The summed E-state index contributed by atoms with van der Waals surface area (Å²) in [4.78, 5) is 18.3. The van der Waals surface area contributed by atoms with E-state index in [4.69, 9.17) is 0 Å². The van der Waals surface area contributed by atoms with Crippen LogP contribution in [0.1, 0.15) is 30.4 Å². The number of pyridine rings is 1. The molecule has 2 N–H and O–H groups in total. The predicted octanol–water partition coefficient (Wildman–Crippen LogP) is 2.73. The molecule has 0 unspecified atom stereocenters. The summed E-state index contributed by atoms with van der Waals surface area (Å²) < 4.78 is 63.7. The van der Waals surface area contributed by atoms with Crippen molar-refractivity contribution in [1.29, 1.82) is 0 Å². The number of anilines is 1. The number of sulfonamides is 1. The molecular formula is C21H25F3N4O3S. The summed E-state index contributed by atoms with van der Waals surface area (Å²) >= 11 is 0. The number of halogens is 3. The number of hydrogen-bond acceptors (Lipinski definition) is 5. The molecule has 1 aromatic heterocycles. The molecule has 1 saturated heterocycles. The summed E-state index contributed by atoms with van der Waals surface area (Å²) in [5.74, 6) is 0.398. The topological polar surface area (TPSA) is 91.4 Å². The fourth-order valence-corrected chi connectivity index (χ4v) is 4.23. The second-order valence-electron chi connectivity index (χ2n) is 7.58. The molecule has 0 spiro atoms. The standard InChI is InChI=1S/C21H25F3N4O3S/c1-25-32(30,31)18-6-2-15(3-7-18)4-9-20(29)27-17-10-12-28(13-11-17)19-8-5-16(14-26-19)21(22,23)24/h2-3,5-8,14,17,25H,4,9-13H2,1H3,(H,27,29). The number of rotatable bonds is 7. The van der Waals surface area contributed by atoms with E-state index in [1.54, 1.807) is 12.1 Å². The van der Waals surface area contributed by atoms with E-state index in [0.717, 1.165) is 17.8 Å². The van der Waals surface area contributed by atoms with Gasteiger partial charge in [0.25, 0.3) is 0 Å². The third kappa shape index (κ3) is 6.19. The van der Waals surface area contributed by atoms with Crippen LogP contribution in [0, 0.1) is 0 Å². The number of hydrogen-bond donors (Lipinski definition) is 2. The molecule has 3 rings (SSSR count). The van der Waals surface area contributed by atoms with Gasteiger partial charge in [0, 0.05) is 31.7 Å². The second-order valence-corrected chi connectivity index (χ2v) is 9.47. The van der Waals surface area contributed by atoms with Crippen molar-refractivity contribution in [1.82, 2.24) is 15.0 Å². The highest BCUT2D eigenvalue weighted by Crippen LogP contribution is 2.29. The van der Waals surface area contributed by atoms with Crippen LogP contribution in [0.15, 0.2) is 47.5 Å². The van der Waals surface area contributed by atoms with Crippen LogP contribution in [0.2, 0.25) is 0 Å². The highest BCUT2D eigenvalue weighted by atomic mass is 32.2. The van der Waals surface area contributed by atoms with Gasteiger partial charge in [0.1, 0.15) is 5.82 Å². The Labute approximate surface area is 185 Å². The van der Waals surface area contributed by atoms with Gasteiger partial charge in [-0.3, -0.25) is 4.79 Å². The lowest BCUT2D eigenvalue weighted by molar-refractivity contribution is -0.137. The first-order chi connectivity index (χ1) is 15.1. The molecule has 174 valence electrons. The van der Waals surface area contributed by atoms with Crippen LogP contribution in [-0.2, 0) is 27.4 Å². The van der Waals surface area contributed by atoms with Crippen molar-refractivity contribution >= 4 is 21.7 Å². The number of carbonyl (C=O) groups excluding carboxylic acids is 1. The monoisotopic (exact) mass is 470 g/mol. The number of carbonyl (C=O) groups is 1. The zero-order valence-corrected chi connectivity index (χ0v) is 18.3. The van der Waals surface area contributed by atoms with Crippen molar-refractivity contribution < 1.29 is 26.4 Å². The molecular weight excluding hydrogens is 445 g/mol. The predicted molar refractivity (Wildman–Crippen MR) is 114 cm³/mol. The van der Waals surface area contributed by atoms with Gasteiger partial charge >= 0.3 is 6.18 Å². The van der Waals surface area contributed by atoms with E-state index in [2.05, 4.69) is 15.0 Å². The van der Waals surface area contributed by atoms with Gasteiger partial charge in [-0.2, -0.15) is 13.2 Å². The number of aromatic nitrogens is 1. The van der Waals surface area contributed by atoms with E-state index in [0.29, 0.717) is 38.2 Å². The Balaban J connectivity index is 1.43. The Morgan fingerprint density at radius 3 is 2.31 bits per heavy atom. The van der Waals surface area contributed by atoms with Gasteiger partial charge in [0.05, 0.1) is 10.5 Å². The average molecular weight is 471 g/mol. The Bertz CT molecular complexity index is 1020. The van der Waals surface area contributed by atoms with Crippen LogP contribution in [0.5, 0.6) is 0 Å². The maximum Gasteiger partial charge on any atom is 0.417 e. The van der Waals surface area contributed by atoms with Crippen LogP contribution in [0.4, 0.5) is 19.0 Å². The smallest absolute Gasteiger partial charge is 0.356 e.